The monoisotopic (exact) mass is 631 g/mol. The summed E-state index contributed by atoms with van der Waals surface area (Å²) in [5, 5.41) is 14.0. The second kappa shape index (κ2) is 12.8. The number of alkyl halides is 2. The molecule has 2 aliphatic rings. The maximum atomic E-state index is 14.2. The summed E-state index contributed by atoms with van der Waals surface area (Å²) in [5.41, 5.74) is 7.52. The molecule has 1 aliphatic carbocycles. The van der Waals surface area contributed by atoms with Crippen LogP contribution < -0.4 is 16.0 Å². The van der Waals surface area contributed by atoms with Crippen LogP contribution in [0.5, 0.6) is 0 Å². The molecule has 44 heavy (non-hydrogen) atoms. The molecule has 5 rings (SSSR count). The number of carbonyl (C=O) groups is 3. The van der Waals surface area contributed by atoms with Gasteiger partial charge in [0, 0.05) is 73.3 Å². The van der Waals surface area contributed by atoms with E-state index < -0.39 is 33.0 Å². The summed E-state index contributed by atoms with van der Waals surface area (Å²) in [7, 11) is -1.34. The first kappa shape index (κ1) is 32.7. The van der Waals surface area contributed by atoms with Gasteiger partial charge in [0.25, 0.3) is 18.3 Å². The second-order valence-corrected chi connectivity index (χ2v) is 13.3. The van der Waals surface area contributed by atoms with Crippen molar-refractivity contribution in [2.75, 3.05) is 29.6 Å². The van der Waals surface area contributed by atoms with Gasteiger partial charge in [-0.15, -0.1) is 0 Å². The van der Waals surface area contributed by atoms with E-state index in [0.29, 0.717) is 42.0 Å². The molecule has 0 radical (unpaired) electrons. The Balaban J connectivity index is 0.00000141. The smallest absolute Gasteiger partial charge is 0.290 e. The van der Waals surface area contributed by atoms with E-state index in [9.17, 15) is 22.6 Å². The van der Waals surface area contributed by atoms with Crippen molar-refractivity contribution in [2.24, 2.45) is 17.1 Å². The molecule has 15 heteroatoms. The van der Waals surface area contributed by atoms with Gasteiger partial charge in [-0.3, -0.25) is 19.1 Å². The molecule has 1 aliphatic heterocycles. The number of carbonyl (C=O) groups excluding carboxylic acids is 2. The van der Waals surface area contributed by atoms with Crippen molar-refractivity contribution in [3.63, 3.8) is 0 Å². The molecule has 3 aromatic rings. The number of aromatic nitrogens is 3. The first-order chi connectivity index (χ1) is 20.7. The van der Waals surface area contributed by atoms with Crippen molar-refractivity contribution in [3.8, 4) is 11.1 Å². The standard InChI is InChI=1S/C28H33F2N7O3S.CH2O2/c1-18-22(19-15-33-36(2)17-19)16-32-24(37-12-5-8-28(29,30)11-13-37)23(18)25(38)34-20-6-4-7-21(14-20)41(3,40)35-26(39)27(31)9-10-27;2-1-3/h4,6-7,14-17H,5,8-13,31H2,1-3H3,(H,34,38);1H,(H,2,3)/t41-;/m1./s1. The fraction of sp³-hybridized carbons (Fsp3) is 0.414. The molecule has 12 nitrogen and oxygen atoms in total. The van der Waals surface area contributed by atoms with Crippen molar-refractivity contribution in [1.82, 2.24) is 14.8 Å². The number of benzene rings is 1. The summed E-state index contributed by atoms with van der Waals surface area (Å²) in [4.78, 5) is 41.2. The van der Waals surface area contributed by atoms with Crippen molar-refractivity contribution in [2.45, 2.75) is 55.4 Å². The average molecular weight is 632 g/mol. The third-order valence-corrected chi connectivity index (χ3v) is 9.22. The van der Waals surface area contributed by atoms with Gasteiger partial charge in [0.2, 0.25) is 5.92 Å². The van der Waals surface area contributed by atoms with Crippen molar-refractivity contribution in [1.29, 1.82) is 0 Å². The number of nitrogens with two attached hydrogens (primary N) is 1. The van der Waals surface area contributed by atoms with Gasteiger partial charge in [0.15, 0.2) is 0 Å². The number of anilines is 2. The molecule has 2 fully saturated rings. The SMILES string of the molecule is Cc1c(-c2cnn(C)c2)cnc(N2CCCC(F)(F)CC2)c1C(=O)Nc1cccc([S@@](C)(=O)=NC(=O)C2(N)CC2)c1.O=CO. The molecule has 0 spiro atoms. The molecule has 0 bridgehead atoms. The molecular formula is C29H35F2N7O5S. The van der Waals surface area contributed by atoms with E-state index in [-0.39, 0.29) is 42.7 Å². The number of hydrogen-bond acceptors (Lipinski definition) is 8. The van der Waals surface area contributed by atoms with Crippen LogP contribution in [0.25, 0.3) is 11.1 Å². The molecule has 236 valence electrons. The van der Waals surface area contributed by atoms with Gasteiger partial charge < -0.3 is 21.1 Å². The molecule has 2 amide bonds. The van der Waals surface area contributed by atoms with Crippen LogP contribution >= 0.6 is 0 Å². The number of halogens is 2. The van der Waals surface area contributed by atoms with E-state index in [0.717, 1.165) is 5.56 Å². The van der Waals surface area contributed by atoms with E-state index in [2.05, 4.69) is 19.8 Å². The summed E-state index contributed by atoms with van der Waals surface area (Å²) in [6.45, 7) is 1.92. The first-order valence-electron chi connectivity index (χ1n) is 13.9. The van der Waals surface area contributed by atoms with Crippen molar-refractivity contribution >= 4 is 39.5 Å². The predicted octanol–water partition coefficient (Wildman–Crippen LogP) is 3.84. The Hall–Kier alpha value is -4.24. The highest BCUT2D eigenvalue weighted by atomic mass is 32.2. The van der Waals surface area contributed by atoms with Gasteiger partial charge in [-0.2, -0.15) is 9.46 Å². The maximum Gasteiger partial charge on any atom is 0.290 e. The van der Waals surface area contributed by atoms with E-state index in [1.54, 1.807) is 60.3 Å². The number of hydrogen-bond donors (Lipinski definition) is 3. The van der Waals surface area contributed by atoms with Crippen molar-refractivity contribution in [3.05, 3.63) is 54.0 Å². The Morgan fingerprint density at radius 3 is 2.52 bits per heavy atom. The number of nitrogens with one attached hydrogen (secondary N) is 1. The van der Waals surface area contributed by atoms with Gasteiger partial charge >= 0.3 is 0 Å². The summed E-state index contributed by atoms with van der Waals surface area (Å²) in [6.07, 6.45) is 7.17. The Labute approximate surface area is 253 Å². The number of nitrogens with zero attached hydrogens (tertiary/aromatic N) is 5. The van der Waals surface area contributed by atoms with Gasteiger partial charge in [-0.25, -0.2) is 18.0 Å². The average Bonchev–Trinajstić information content (AvgIpc) is 3.62. The molecule has 1 aromatic carbocycles. The predicted molar refractivity (Wildman–Crippen MR) is 161 cm³/mol. The van der Waals surface area contributed by atoms with Crippen LogP contribution in [0, 0.1) is 6.92 Å². The van der Waals surface area contributed by atoms with Crippen LogP contribution in [0.2, 0.25) is 0 Å². The lowest BCUT2D eigenvalue weighted by atomic mass is 9.99. The number of carboxylic acid groups (broad SMARTS) is 1. The molecule has 2 aromatic heterocycles. The van der Waals surface area contributed by atoms with Gasteiger partial charge in [0.1, 0.15) is 5.82 Å². The summed E-state index contributed by atoms with van der Waals surface area (Å²) in [5.74, 6) is -3.55. The zero-order chi connectivity index (χ0) is 32.3. The third-order valence-electron chi connectivity index (χ3n) is 7.58. The fourth-order valence-electron chi connectivity index (χ4n) is 4.88. The van der Waals surface area contributed by atoms with Gasteiger partial charge in [-0.1, -0.05) is 6.07 Å². The molecule has 0 unspecified atom stereocenters. The molecule has 4 N–H and O–H groups in total. The quantitative estimate of drug-likeness (QED) is 0.342. The highest BCUT2D eigenvalue weighted by molar-refractivity contribution is 7.93. The second-order valence-electron chi connectivity index (χ2n) is 11.0. The Morgan fingerprint density at radius 2 is 1.89 bits per heavy atom. The Kier molecular flexibility index (Phi) is 9.49. The van der Waals surface area contributed by atoms with E-state index in [1.165, 1.54) is 12.3 Å². The highest BCUT2D eigenvalue weighted by Crippen LogP contribution is 2.36. The highest BCUT2D eigenvalue weighted by Gasteiger charge is 2.46. The van der Waals surface area contributed by atoms with Crippen molar-refractivity contribution < 1.29 is 32.5 Å². The van der Waals surface area contributed by atoms with Crippen LogP contribution in [0.1, 0.15) is 48.0 Å². The Bertz CT molecular complexity index is 1700. The molecule has 1 saturated heterocycles. The van der Waals surface area contributed by atoms with Gasteiger partial charge in [-0.05, 0) is 49.9 Å². The molecule has 1 saturated carbocycles. The van der Waals surface area contributed by atoms with Crippen LogP contribution in [0.4, 0.5) is 20.3 Å². The van der Waals surface area contributed by atoms with Crippen LogP contribution in [0.15, 0.2) is 52.1 Å². The minimum Gasteiger partial charge on any atom is -0.483 e. The number of rotatable bonds is 6. The van der Waals surface area contributed by atoms with E-state index >= 15 is 0 Å². The normalized spacial score (nSPS) is 18.1. The van der Waals surface area contributed by atoms with E-state index in [4.69, 9.17) is 15.6 Å². The summed E-state index contributed by atoms with van der Waals surface area (Å²) < 4.78 is 47.2. The lowest BCUT2D eigenvalue weighted by molar-refractivity contribution is -0.123. The zero-order valence-corrected chi connectivity index (χ0v) is 25.4. The lowest BCUT2D eigenvalue weighted by Crippen LogP contribution is -2.32. The maximum absolute atomic E-state index is 14.2. The summed E-state index contributed by atoms with van der Waals surface area (Å²) >= 11 is 0. The molecule has 1 atom stereocenters. The lowest BCUT2D eigenvalue weighted by Gasteiger charge is -2.26. The van der Waals surface area contributed by atoms with Crippen LogP contribution in [0.3, 0.4) is 0 Å². The van der Waals surface area contributed by atoms with E-state index in [1.807, 2.05) is 0 Å². The number of amides is 2. The molecular weight excluding hydrogens is 596 g/mol. The summed E-state index contributed by atoms with van der Waals surface area (Å²) in [6, 6.07) is 6.32. The number of pyridine rings is 1. The largest absolute Gasteiger partial charge is 0.483 e. The minimum absolute atomic E-state index is 0.0531. The van der Waals surface area contributed by atoms with Gasteiger partial charge in [0.05, 0.1) is 27.0 Å². The topological polar surface area (TPSA) is 173 Å². The third kappa shape index (κ3) is 7.45. The van der Waals surface area contributed by atoms with Crippen LogP contribution in [-0.4, -0.2) is 73.2 Å². The minimum atomic E-state index is -3.12. The zero-order valence-electron chi connectivity index (χ0n) is 24.6. The first-order valence-corrected chi connectivity index (χ1v) is 15.8. The fourth-order valence-corrected chi connectivity index (χ4v) is 6.16. The molecule has 3 heterocycles. The van der Waals surface area contributed by atoms with Crippen LogP contribution in [-0.2, 0) is 26.4 Å². The number of aryl methyl sites for hydroxylation is 1. The Morgan fingerprint density at radius 1 is 1.18 bits per heavy atom.